The van der Waals surface area contributed by atoms with E-state index in [0.717, 1.165) is 12.8 Å². The fourth-order valence-corrected chi connectivity index (χ4v) is 2.03. The minimum Gasteiger partial charge on any atom is -0.493 e. The highest BCUT2D eigenvalue weighted by molar-refractivity contribution is 5.56. The number of anilines is 1. The maximum atomic E-state index is 13.9. The lowest BCUT2D eigenvalue weighted by molar-refractivity contribution is 0.0904. The summed E-state index contributed by atoms with van der Waals surface area (Å²) >= 11 is 0. The second kappa shape index (κ2) is 5.91. The van der Waals surface area contributed by atoms with Crippen LogP contribution in [0.5, 0.6) is 11.5 Å². The van der Waals surface area contributed by atoms with Crippen molar-refractivity contribution in [3.8, 4) is 11.5 Å². The first-order chi connectivity index (χ1) is 8.74. The van der Waals surface area contributed by atoms with Crippen LogP contribution in [0.1, 0.15) is 12.8 Å². The molecule has 1 aliphatic rings. The average Bonchev–Trinajstić information content (AvgIpc) is 2.41. The molecule has 1 heterocycles. The number of rotatable bonds is 4. The van der Waals surface area contributed by atoms with Gasteiger partial charge in [0.25, 0.3) is 0 Å². The van der Waals surface area contributed by atoms with E-state index in [0.29, 0.717) is 30.4 Å². The summed E-state index contributed by atoms with van der Waals surface area (Å²) in [5.74, 6) is 0.583. The van der Waals surface area contributed by atoms with E-state index >= 15 is 0 Å². The molecule has 0 amide bonds. The van der Waals surface area contributed by atoms with Gasteiger partial charge in [-0.25, -0.2) is 4.39 Å². The molecule has 1 N–H and O–H groups in total. The number of methoxy groups -OCH3 is 2. The van der Waals surface area contributed by atoms with Gasteiger partial charge in [-0.3, -0.25) is 0 Å². The van der Waals surface area contributed by atoms with E-state index in [1.54, 1.807) is 6.07 Å². The minimum atomic E-state index is -0.334. The fraction of sp³-hybridized carbons (Fsp3) is 0.538. The molecule has 4 nitrogen and oxygen atoms in total. The molecule has 1 aromatic carbocycles. The standard InChI is InChI=1S/C13H18FNO3/c1-16-12-7-10(14)11(8-13(12)17-2)15-9-3-5-18-6-4-9/h7-9,15H,3-6H2,1-2H3. The monoisotopic (exact) mass is 255 g/mol. The van der Waals surface area contributed by atoms with Crippen molar-refractivity contribution < 1.29 is 18.6 Å². The van der Waals surface area contributed by atoms with Crippen molar-refractivity contribution in [2.24, 2.45) is 0 Å². The van der Waals surface area contributed by atoms with Crippen LogP contribution in [-0.4, -0.2) is 33.5 Å². The van der Waals surface area contributed by atoms with Crippen molar-refractivity contribution >= 4 is 5.69 Å². The largest absolute Gasteiger partial charge is 0.493 e. The van der Waals surface area contributed by atoms with Crippen LogP contribution < -0.4 is 14.8 Å². The van der Waals surface area contributed by atoms with Crippen LogP contribution in [0, 0.1) is 5.82 Å². The van der Waals surface area contributed by atoms with Gasteiger partial charge >= 0.3 is 0 Å². The number of hydrogen-bond acceptors (Lipinski definition) is 4. The van der Waals surface area contributed by atoms with Crippen molar-refractivity contribution in [3.05, 3.63) is 17.9 Å². The Morgan fingerprint density at radius 3 is 2.39 bits per heavy atom. The summed E-state index contributed by atoms with van der Waals surface area (Å²) in [6.45, 7) is 1.43. The first kappa shape index (κ1) is 13.0. The molecule has 0 radical (unpaired) electrons. The Balaban J connectivity index is 2.16. The third-order valence-electron chi connectivity index (χ3n) is 3.05. The highest BCUT2D eigenvalue weighted by atomic mass is 19.1. The zero-order chi connectivity index (χ0) is 13.0. The van der Waals surface area contributed by atoms with Gasteiger partial charge in [0.05, 0.1) is 19.9 Å². The number of ether oxygens (including phenoxy) is 3. The molecule has 18 heavy (non-hydrogen) atoms. The number of benzene rings is 1. The molecular weight excluding hydrogens is 237 g/mol. The van der Waals surface area contributed by atoms with Crippen LogP contribution in [0.2, 0.25) is 0 Å². The quantitative estimate of drug-likeness (QED) is 0.897. The summed E-state index contributed by atoms with van der Waals surface area (Å²) in [7, 11) is 3.02. The molecular formula is C13H18FNO3. The Kier molecular flexibility index (Phi) is 4.25. The van der Waals surface area contributed by atoms with E-state index in [-0.39, 0.29) is 11.9 Å². The SMILES string of the molecule is COc1cc(F)c(NC2CCOCC2)cc1OC. The second-order valence-corrected chi connectivity index (χ2v) is 4.22. The summed E-state index contributed by atoms with van der Waals surface area (Å²) < 4.78 is 29.4. The van der Waals surface area contributed by atoms with E-state index in [9.17, 15) is 4.39 Å². The predicted octanol–water partition coefficient (Wildman–Crippen LogP) is 2.43. The van der Waals surface area contributed by atoms with E-state index in [4.69, 9.17) is 14.2 Å². The maximum Gasteiger partial charge on any atom is 0.163 e. The van der Waals surface area contributed by atoms with Crippen molar-refractivity contribution in [2.45, 2.75) is 18.9 Å². The molecule has 2 rings (SSSR count). The second-order valence-electron chi connectivity index (χ2n) is 4.22. The van der Waals surface area contributed by atoms with Gasteiger partial charge in [0, 0.05) is 31.4 Å². The molecule has 0 aliphatic carbocycles. The number of hydrogen-bond donors (Lipinski definition) is 1. The Morgan fingerprint density at radius 1 is 1.17 bits per heavy atom. The summed E-state index contributed by atoms with van der Waals surface area (Å²) in [6, 6.07) is 3.20. The van der Waals surface area contributed by atoms with Crippen molar-refractivity contribution in [1.29, 1.82) is 0 Å². The Labute approximate surface area is 106 Å². The molecule has 5 heteroatoms. The summed E-state index contributed by atoms with van der Waals surface area (Å²) in [6.07, 6.45) is 1.77. The first-order valence-electron chi connectivity index (χ1n) is 6.00. The molecule has 0 bridgehead atoms. The van der Waals surface area contributed by atoms with Gasteiger partial charge in [0.2, 0.25) is 0 Å². The lowest BCUT2D eigenvalue weighted by atomic mass is 10.1. The van der Waals surface area contributed by atoms with Gasteiger partial charge < -0.3 is 19.5 Å². The van der Waals surface area contributed by atoms with E-state index in [1.807, 2.05) is 0 Å². The van der Waals surface area contributed by atoms with Crippen LogP contribution in [0.4, 0.5) is 10.1 Å². The fourth-order valence-electron chi connectivity index (χ4n) is 2.03. The number of halogens is 1. The number of nitrogens with one attached hydrogen (secondary N) is 1. The molecule has 1 aromatic rings. The van der Waals surface area contributed by atoms with Gasteiger partial charge in [-0.15, -0.1) is 0 Å². The smallest absolute Gasteiger partial charge is 0.163 e. The molecule has 100 valence electrons. The molecule has 0 atom stereocenters. The molecule has 1 fully saturated rings. The Morgan fingerprint density at radius 2 is 1.78 bits per heavy atom. The lowest BCUT2D eigenvalue weighted by Crippen LogP contribution is -2.28. The van der Waals surface area contributed by atoms with Crippen molar-refractivity contribution in [2.75, 3.05) is 32.8 Å². The average molecular weight is 255 g/mol. The van der Waals surface area contributed by atoms with Gasteiger partial charge in [-0.05, 0) is 12.8 Å². The third kappa shape index (κ3) is 2.85. The summed E-state index contributed by atoms with van der Waals surface area (Å²) in [4.78, 5) is 0. The zero-order valence-corrected chi connectivity index (χ0v) is 10.7. The molecule has 1 aliphatic heterocycles. The van der Waals surface area contributed by atoms with E-state index < -0.39 is 0 Å². The summed E-state index contributed by atoms with van der Waals surface area (Å²) in [5.41, 5.74) is 0.444. The van der Waals surface area contributed by atoms with Crippen LogP contribution >= 0.6 is 0 Å². The Hall–Kier alpha value is -1.49. The van der Waals surface area contributed by atoms with E-state index in [1.165, 1.54) is 20.3 Å². The van der Waals surface area contributed by atoms with Crippen molar-refractivity contribution in [1.82, 2.24) is 0 Å². The lowest BCUT2D eigenvalue weighted by Gasteiger charge is -2.24. The maximum absolute atomic E-state index is 13.9. The van der Waals surface area contributed by atoms with Crippen LogP contribution in [0.25, 0.3) is 0 Å². The summed E-state index contributed by atoms with van der Waals surface area (Å²) in [5, 5.41) is 3.18. The van der Waals surface area contributed by atoms with Gasteiger partial charge in [0.15, 0.2) is 11.5 Å². The zero-order valence-electron chi connectivity index (χ0n) is 10.7. The predicted molar refractivity (Wildman–Crippen MR) is 67.0 cm³/mol. The molecule has 1 saturated heterocycles. The third-order valence-corrected chi connectivity index (χ3v) is 3.05. The van der Waals surface area contributed by atoms with E-state index in [2.05, 4.69) is 5.32 Å². The molecule has 0 saturated carbocycles. The molecule has 0 aromatic heterocycles. The highest BCUT2D eigenvalue weighted by Gasteiger charge is 2.17. The van der Waals surface area contributed by atoms with Gasteiger partial charge in [0.1, 0.15) is 5.82 Å². The topological polar surface area (TPSA) is 39.7 Å². The Bertz CT molecular complexity index is 405. The molecule has 0 unspecified atom stereocenters. The van der Waals surface area contributed by atoms with Crippen LogP contribution in [0.3, 0.4) is 0 Å². The normalized spacial score (nSPS) is 16.4. The molecule has 0 spiro atoms. The van der Waals surface area contributed by atoms with Crippen LogP contribution in [0.15, 0.2) is 12.1 Å². The first-order valence-corrected chi connectivity index (χ1v) is 6.00. The minimum absolute atomic E-state index is 0.242. The van der Waals surface area contributed by atoms with Crippen molar-refractivity contribution in [3.63, 3.8) is 0 Å². The van der Waals surface area contributed by atoms with Gasteiger partial charge in [-0.1, -0.05) is 0 Å². The van der Waals surface area contributed by atoms with Gasteiger partial charge in [-0.2, -0.15) is 0 Å². The highest BCUT2D eigenvalue weighted by Crippen LogP contribution is 2.33. The van der Waals surface area contributed by atoms with Crippen LogP contribution in [-0.2, 0) is 4.74 Å².